The molecule has 7 heteroatoms. The van der Waals surface area contributed by atoms with Gasteiger partial charge in [-0.1, -0.05) is 23.9 Å². The molecule has 0 fully saturated rings. The second-order valence-electron chi connectivity index (χ2n) is 6.45. The number of nitrogens with zero attached hydrogens (tertiary/aromatic N) is 2. The van der Waals surface area contributed by atoms with Crippen LogP contribution in [0.25, 0.3) is 11.3 Å². The second kappa shape index (κ2) is 11.2. The number of carbonyl (C=O) groups is 1. The highest BCUT2D eigenvalue weighted by Gasteiger charge is 2.06. The number of rotatable bonds is 10. The van der Waals surface area contributed by atoms with Gasteiger partial charge in [0.05, 0.1) is 25.2 Å². The van der Waals surface area contributed by atoms with Crippen LogP contribution < -0.4 is 14.8 Å². The molecule has 0 saturated carbocycles. The Labute approximate surface area is 181 Å². The molecule has 2 aromatic carbocycles. The summed E-state index contributed by atoms with van der Waals surface area (Å²) in [6.45, 7) is 3.19. The first-order chi connectivity index (χ1) is 14.7. The average molecular weight is 424 g/mol. The molecule has 0 atom stereocenters. The molecule has 0 aliphatic rings. The Morgan fingerprint density at radius 3 is 2.33 bits per heavy atom. The third-order valence-corrected chi connectivity index (χ3v) is 5.27. The van der Waals surface area contributed by atoms with E-state index in [-0.39, 0.29) is 5.91 Å². The number of thioether (sulfide) groups is 1. The van der Waals surface area contributed by atoms with E-state index in [1.807, 2.05) is 67.6 Å². The smallest absolute Gasteiger partial charge is 0.230 e. The molecule has 0 bridgehead atoms. The summed E-state index contributed by atoms with van der Waals surface area (Å²) in [5, 5.41) is 12.1. The molecule has 0 spiro atoms. The van der Waals surface area contributed by atoms with Gasteiger partial charge in [0.1, 0.15) is 16.5 Å². The summed E-state index contributed by atoms with van der Waals surface area (Å²) in [4.78, 5) is 12.1. The Balaban J connectivity index is 1.42. The van der Waals surface area contributed by atoms with E-state index in [4.69, 9.17) is 9.47 Å². The maximum absolute atomic E-state index is 12.1. The van der Waals surface area contributed by atoms with Crippen LogP contribution in [0.2, 0.25) is 0 Å². The van der Waals surface area contributed by atoms with Gasteiger partial charge >= 0.3 is 0 Å². The second-order valence-corrected chi connectivity index (χ2v) is 7.45. The minimum Gasteiger partial charge on any atom is -0.497 e. The van der Waals surface area contributed by atoms with Crippen molar-refractivity contribution in [2.24, 2.45) is 0 Å². The fourth-order valence-electron chi connectivity index (χ4n) is 2.77. The van der Waals surface area contributed by atoms with Crippen LogP contribution >= 0.6 is 11.8 Å². The van der Waals surface area contributed by atoms with Crippen LogP contribution in [-0.2, 0) is 11.2 Å². The molecule has 0 aliphatic heterocycles. The van der Waals surface area contributed by atoms with Crippen LogP contribution in [0.4, 0.5) is 0 Å². The normalized spacial score (nSPS) is 10.5. The number of amides is 1. The molecule has 0 saturated heterocycles. The Bertz CT molecular complexity index is 929. The quantitative estimate of drug-likeness (QED) is 0.497. The Morgan fingerprint density at radius 1 is 0.967 bits per heavy atom. The monoisotopic (exact) mass is 423 g/mol. The topological polar surface area (TPSA) is 73.3 Å². The Kier molecular flexibility index (Phi) is 8.09. The summed E-state index contributed by atoms with van der Waals surface area (Å²) in [5.74, 6) is 1.94. The number of benzene rings is 2. The standard InChI is InChI=1S/C23H25N3O3S/c1-3-29-20-10-6-18(7-11-20)21-12-13-23(26-25-21)30-16-22(27)24-15-14-17-4-8-19(28-2)9-5-17/h4-13H,3,14-16H2,1-2H3,(H,24,27). The minimum absolute atomic E-state index is 0.0223. The lowest BCUT2D eigenvalue weighted by atomic mass is 10.1. The minimum atomic E-state index is -0.0223. The van der Waals surface area contributed by atoms with Crippen molar-refractivity contribution in [3.8, 4) is 22.8 Å². The van der Waals surface area contributed by atoms with Crippen LogP contribution in [0.5, 0.6) is 11.5 Å². The lowest BCUT2D eigenvalue weighted by molar-refractivity contribution is -0.118. The number of aromatic nitrogens is 2. The molecule has 3 rings (SSSR count). The Hall–Kier alpha value is -3.06. The van der Waals surface area contributed by atoms with Crippen LogP contribution in [0.3, 0.4) is 0 Å². The summed E-state index contributed by atoms with van der Waals surface area (Å²) in [7, 11) is 1.64. The summed E-state index contributed by atoms with van der Waals surface area (Å²) in [6.07, 6.45) is 0.775. The molecule has 1 N–H and O–H groups in total. The van der Waals surface area contributed by atoms with Gasteiger partial charge in [-0.2, -0.15) is 0 Å². The third-order valence-electron chi connectivity index (χ3n) is 4.35. The van der Waals surface area contributed by atoms with Gasteiger partial charge in [-0.25, -0.2) is 0 Å². The largest absolute Gasteiger partial charge is 0.497 e. The first-order valence-electron chi connectivity index (χ1n) is 9.77. The average Bonchev–Trinajstić information content (AvgIpc) is 2.79. The highest BCUT2D eigenvalue weighted by atomic mass is 32.2. The predicted molar refractivity (Wildman–Crippen MR) is 119 cm³/mol. The third kappa shape index (κ3) is 6.49. The summed E-state index contributed by atoms with van der Waals surface area (Å²) in [6, 6.07) is 19.4. The number of methoxy groups -OCH3 is 1. The molecule has 30 heavy (non-hydrogen) atoms. The number of nitrogens with one attached hydrogen (secondary N) is 1. The fraction of sp³-hybridized carbons (Fsp3) is 0.261. The molecular weight excluding hydrogens is 398 g/mol. The van der Waals surface area contributed by atoms with Crippen molar-refractivity contribution < 1.29 is 14.3 Å². The summed E-state index contributed by atoms with van der Waals surface area (Å²) >= 11 is 1.37. The molecule has 1 aromatic heterocycles. The first-order valence-corrected chi connectivity index (χ1v) is 10.8. The van der Waals surface area contributed by atoms with Crippen LogP contribution in [0.1, 0.15) is 12.5 Å². The van der Waals surface area contributed by atoms with E-state index < -0.39 is 0 Å². The van der Waals surface area contributed by atoms with Gasteiger partial charge in [-0.3, -0.25) is 4.79 Å². The lowest BCUT2D eigenvalue weighted by Gasteiger charge is -2.07. The molecule has 0 radical (unpaired) electrons. The predicted octanol–water partition coefficient (Wildman–Crippen LogP) is 4.00. The highest BCUT2D eigenvalue weighted by molar-refractivity contribution is 7.99. The first kappa shape index (κ1) is 21.6. The molecule has 6 nitrogen and oxygen atoms in total. The van der Waals surface area contributed by atoms with E-state index in [0.29, 0.717) is 18.9 Å². The van der Waals surface area contributed by atoms with Crippen molar-refractivity contribution >= 4 is 17.7 Å². The lowest BCUT2D eigenvalue weighted by Crippen LogP contribution is -2.27. The van der Waals surface area contributed by atoms with Crippen LogP contribution in [0.15, 0.2) is 65.7 Å². The van der Waals surface area contributed by atoms with E-state index in [2.05, 4.69) is 15.5 Å². The molecule has 1 heterocycles. The van der Waals surface area contributed by atoms with Crippen molar-refractivity contribution in [3.05, 3.63) is 66.2 Å². The van der Waals surface area contributed by atoms with E-state index in [1.165, 1.54) is 11.8 Å². The van der Waals surface area contributed by atoms with Crippen molar-refractivity contribution in [2.75, 3.05) is 26.0 Å². The van der Waals surface area contributed by atoms with Gasteiger partial charge in [-0.05, 0) is 67.4 Å². The molecular formula is C23H25N3O3S. The van der Waals surface area contributed by atoms with Gasteiger partial charge in [-0.15, -0.1) is 10.2 Å². The zero-order valence-electron chi connectivity index (χ0n) is 17.1. The number of hydrogen-bond acceptors (Lipinski definition) is 6. The molecule has 0 aliphatic carbocycles. The van der Waals surface area contributed by atoms with Gasteiger partial charge in [0.2, 0.25) is 5.91 Å². The number of carbonyl (C=O) groups excluding carboxylic acids is 1. The SMILES string of the molecule is CCOc1ccc(-c2ccc(SCC(=O)NCCc3ccc(OC)cc3)nn2)cc1. The van der Waals surface area contributed by atoms with Gasteiger partial charge in [0.25, 0.3) is 0 Å². The van der Waals surface area contributed by atoms with Crippen LogP contribution in [-0.4, -0.2) is 42.1 Å². The van der Waals surface area contributed by atoms with Crippen LogP contribution in [0, 0.1) is 0 Å². The van der Waals surface area contributed by atoms with Gasteiger partial charge < -0.3 is 14.8 Å². The number of ether oxygens (including phenoxy) is 2. The van der Waals surface area contributed by atoms with E-state index >= 15 is 0 Å². The summed E-state index contributed by atoms with van der Waals surface area (Å²) < 4.78 is 10.6. The zero-order valence-corrected chi connectivity index (χ0v) is 17.9. The Morgan fingerprint density at radius 2 is 1.70 bits per heavy atom. The summed E-state index contributed by atoms with van der Waals surface area (Å²) in [5.41, 5.74) is 2.91. The van der Waals surface area contributed by atoms with Crippen molar-refractivity contribution in [2.45, 2.75) is 18.4 Å². The fourth-order valence-corrected chi connectivity index (χ4v) is 3.41. The zero-order chi connectivity index (χ0) is 21.2. The molecule has 156 valence electrons. The van der Waals surface area contributed by atoms with E-state index in [0.717, 1.165) is 39.8 Å². The van der Waals surface area contributed by atoms with Crippen molar-refractivity contribution in [3.63, 3.8) is 0 Å². The molecule has 0 unspecified atom stereocenters. The maximum Gasteiger partial charge on any atom is 0.230 e. The molecule has 3 aromatic rings. The number of hydrogen-bond donors (Lipinski definition) is 1. The van der Waals surface area contributed by atoms with Crippen molar-refractivity contribution in [1.82, 2.24) is 15.5 Å². The van der Waals surface area contributed by atoms with E-state index in [1.54, 1.807) is 7.11 Å². The van der Waals surface area contributed by atoms with Gasteiger partial charge in [0, 0.05) is 12.1 Å². The van der Waals surface area contributed by atoms with Crippen molar-refractivity contribution in [1.29, 1.82) is 0 Å². The van der Waals surface area contributed by atoms with Gasteiger partial charge in [0.15, 0.2) is 0 Å². The highest BCUT2D eigenvalue weighted by Crippen LogP contribution is 2.22. The molecule has 1 amide bonds. The maximum atomic E-state index is 12.1. The van der Waals surface area contributed by atoms with E-state index in [9.17, 15) is 4.79 Å².